The first-order valence-corrected chi connectivity index (χ1v) is 9.21. The van der Waals surface area contributed by atoms with Gasteiger partial charge in [0.2, 0.25) is 0 Å². The number of nitrogens with zero attached hydrogens (tertiary/aromatic N) is 1. The molecule has 0 spiro atoms. The van der Waals surface area contributed by atoms with Crippen LogP contribution in [0.15, 0.2) is 30.3 Å². The molecule has 1 aliphatic rings. The molecular weight excluding hydrogens is 326 g/mol. The van der Waals surface area contributed by atoms with Crippen LogP contribution in [0.4, 0.5) is 4.79 Å². The van der Waals surface area contributed by atoms with Crippen molar-refractivity contribution in [1.82, 2.24) is 4.90 Å². The molecule has 1 saturated heterocycles. The van der Waals surface area contributed by atoms with Gasteiger partial charge in [0.25, 0.3) is 0 Å². The van der Waals surface area contributed by atoms with Crippen LogP contribution in [0, 0.1) is 0 Å². The number of ether oxygens (including phenoxy) is 1. The van der Waals surface area contributed by atoms with E-state index in [2.05, 4.69) is 0 Å². The summed E-state index contributed by atoms with van der Waals surface area (Å²) in [6.45, 7) is 5.78. The number of benzene rings is 1. The number of carbonyl (C=O) groups excluding carboxylic acids is 1. The Morgan fingerprint density at radius 1 is 1.29 bits per heavy atom. The van der Waals surface area contributed by atoms with Gasteiger partial charge in [0.15, 0.2) is 0 Å². The Bertz CT molecular complexity index is 570. The van der Waals surface area contributed by atoms with Gasteiger partial charge in [-0.05, 0) is 39.2 Å². The zero-order chi connectivity index (χ0) is 17.7. The monoisotopic (exact) mass is 351 g/mol. The molecule has 1 N–H and O–H groups in total. The number of thioether (sulfide) groups is 1. The average Bonchev–Trinajstić information content (AvgIpc) is 2.51. The quantitative estimate of drug-likeness (QED) is 0.894. The molecule has 1 amide bonds. The van der Waals surface area contributed by atoms with Gasteiger partial charge in [-0.15, -0.1) is 0 Å². The normalized spacial score (nSPS) is 21.4. The van der Waals surface area contributed by atoms with Gasteiger partial charge in [0.1, 0.15) is 11.6 Å². The van der Waals surface area contributed by atoms with Crippen molar-refractivity contribution in [3.8, 4) is 0 Å². The van der Waals surface area contributed by atoms with Crippen molar-refractivity contribution >= 4 is 23.8 Å². The van der Waals surface area contributed by atoms with Gasteiger partial charge in [-0.3, -0.25) is 4.90 Å². The number of hydrogen-bond acceptors (Lipinski definition) is 4. The lowest BCUT2D eigenvalue weighted by atomic mass is 10.0. The number of aliphatic carboxylic acids is 1. The highest BCUT2D eigenvalue weighted by molar-refractivity contribution is 7.99. The maximum atomic E-state index is 12.4. The van der Waals surface area contributed by atoms with Crippen LogP contribution in [-0.2, 0) is 15.3 Å². The number of hydrogen-bond donors (Lipinski definition) is 1. The molecule has 6 heteroatoms. The first kappa shape index (κ1) is 18.6. The first-order chi connectivity index (χ1) is 11.3. The number of carboxylic acid groups (broad SMARTS) is 1. The molecular formula is C18H25NO4S. The number of piperidine rings is 1. The van der Waals surface area contributed by atoms with Crippen molar-refractivity contribution in [3.63, 3.8) is 0 Å². The number of rotatable bonds is 4. The van der Waals surface area contributed by atoms with Crippen molar-refractivity contribution in [1.29, 1.82) is 0 Å². The van der Waals surface area contributed by atoms with Crippen molar-refractivity contribution < 1.29 is 19.4 Å². The predicted molar refractivity (Wildman–Crippen MR) is 95.1 cm³/mol. The number of amides is 1. The summed E-state index contributed by atoms with van der Waals surface area (Å²) in [5, 5.41) is 9.53. The van der Waals surface area contributed by atoms with Crippen LogP contribution in [0.3, 0.4) is 0 Å². The summed E-state index contributed by atoms with van der Waals surface area (Å²) in [6.07, 6.45) is 1.03. The molecule has 1 aromatic carbocycles. The van der Waals surface area contributed by atoms with Crippen LogP contribution in [0.5, 0.6) is 0 Å². The summed E-state index contributed by atoms with van der Waals surface area (Å²) >= 11 is 1.60. The van der Waals surface area contributed by atoms with Crippen molar-refractivity contribution in [2.45, 2.75) is 56.3 Å². The second-order valence-electron chi connectivity index (χ2n) is 6.93. The maximum Gasteiger partial charge on any atom is 0.411 e. The minimum Gasteiger partial charge on any atom is -0.480 e. The molecule has 1 aromatic rings. The molecule has 0 aromatic heterocycles. The van der Waals surface area contributed by atoms with Crippen LogP contribution in [0.1, 0.15) is 39.2 Å². The Balaban J connectivity index is 2.07. The molecule has 5 nitrogen and oxygen atoms in total. The molecule has 1 fully saturated rings. The summed E-state index contributed by atoms with van der Waals surface area (Å²) in [6, 6.07) is 9.10. The Kier molecular flexibility index (Phi) is 6.15. The fourth-order valence-corrected chi connectivity index (χ4v) is 4.11. The first-order valence-electron chi connectivity index (χ1n) is 8.16. The summed E-state index contributed by atoms with van der Waals surface area (Å²) in [4.78, 5) is 25.5. The van der Waals surface area contributed by atoms with E-state index in [1.807, 2.05) is 30.3 Å². The van der Waals surface area contributed by atoms with Crippen molar-refractivity contribution in [2.75, 3.05) is 6.54 Å². The lowest BCUT2D eigenvalue weighted by Gasteiger charge is -2.39. The molecule has 2 atom stereocenters. The predicted octanol–water partition coefficient (Wildman–Crippen LogP) is 3.77. The molecule has 0 aliphatic carbocycles. The van der Waals surface area contributed by atoms with Gasteiger partial charge in [-0.2, -0.15) is 11.8 Å². The second-order valence-corrected chi connectivity index (χ2v) is 8.16. The zero-order valence-corrected chi connectivity index (χ0v) is 15.2. The lowest BCUT2D eigenvalue weighted by Crippen LogP contribution is -2.55. The van der Waals surface area contributed by atoms with Crippen molar-refractivity contribution in [3.05, 3.63) is 35.9 Å². The van der Waals surface area contributed by atoms with E-state index in [9.17, 15) is 14.7 Å². The maximum absolute atomic E-state index is 12.4. The number of carboxylic acids is 1. The Morgan fingerprint density at radius 3 is 2.54 bits per heavy atom. The van der Waals surface area contributed by atoms with E-state index in [1.165, 1.54) is 4.90 Å². The zero-order valence-electron chi connectivity index (χ0n) is 14.4. The Morgan fingerprint density at radius 2 is 1.96 bits per heavy atom. The molecule has 132 valence electrons. The smallest absolute Gasteiger partial charge is 0.411 e. The van der Waals surface area contributed by atoms with E-state index < -0.39 is 23.7 Å². The Hall–Kier alpha value is -1.69. The van der Waals surface area contributed by atoms with Gasteiger partial charge >= 0.3 is 12.1 Å². The molecule has 0 saturated carbocycles. The van der Waals surface area contributed by atoms with E-state index in [4.69, 9.17) is 4.74 Å². The molecule has 1 heterocycles. The van der Waals surface area contributed by atoms with Gasteiger partial charge < -0.3 is 9.84 Å². The topological polar surface area (TPSA) is 66.8 Å². The van der Waals surface area contributed by atoms with E-state index in [0.717, 1.165) is 24.2 Å². The molecule has 0 unspecified atom stereocenters. The van der Waals surface area contributed by atoms with Crippen LogP contribution >= 0.6 is 11.8 Å². The standard InChI is InChI=1S/C18H25NO4S/c1-18(2,3)23-17(22)19-11-7-10-14(15(19)16(20)21)24-12-13-8-5-4-6-9-13/h4-6,8-9,14-15H,7,10-12H2,1-3H3,(H,20,21)/t14-,15+/m1/s1. The largest absolute Gasteiger partial charge is 0.480 e. The highest BCUT2D eigenvalue weighted by atomic mass is 32.2. The van der Waals surface area contributed by atoms with E-state index in [1.54, 1.807) is 32.5 Å². The molecule has 24 heavy (non-hydrogen) atoms. The van der Waals surface area contributed by atoms with Gasteiger partial charge in [0, 0.05) is 17.5 Å². The van der Waals surface area contributed by atoms with Crippen molar-refractivity contribution in [2.24, 2.45) is 0 Å². The summed E-state index contributed by atoms with van der Waals surface area (Å²) < 4.78 is 5.38. The van der Waals surface area contributed by atoms with Gasteiger partial charge in [-0.25, -0.2) is 9.59 Å². The van der Waals surface area contributed by atoms with Crippen LogP contribution in [0.2, 0.25) is 0 Å². The summed E-state index contributed by atoms with van der Waals surface area (Å²) in [5.41, 5.74) is 0.519. The van der Waals surface area contributed by atoms with E-state index in [-0.39, 0.29) is 5.25 Å². The average molecular weight is 351 g/mol. The fraction of sp³-hybridized carbons (Fsp3) is 0.556. The third-order valence-electron chi connectivity index (χ3n) is 3.76. The molecule has 0 radical (unpaired) electrons. The van der Waals surface area contributed by atoms with Gasteiger partial charge in [-0.1, -0.05) is 30.3 Å². The molecule has 0 bridgehead atoms. The third-order valence-corrected chi connectivity index (χ3v) is 5.19. The molecule has 2 rings (SSSR count). The SMILES string of the molecule is CC(C)(C)OC(=O)N1CCC[C@@H](SCc2ccccc2)[C@H]1C(=O)O. The number of carbonyl (C=O) groups is 2. The van der Waals surface area contributed by atoms with E-state index >= 15 is 0 Å². The minimum absolute atomic E-state index is 0.135. The summed E-state index contributed by atoms with van der Waals surface area (Å²) in [7, 11) is 0. The highest BCUT2D eigenvalue weighted by Gasteiger charge is 2.41. The third kappa shape index (κ3) is 5.16. The highest BCUT2D eigenvalue weighted by Crippen LogP contribution is 2.31. The minimum atomic E-state index is -0.967. The number of likely N-dealkylation sites (tertiary alicyclic amines) is 1. The van der Waals surface area contributed by atoms with Gasteiger partial charge in [0.05, 0.1) is 0 Å². The lowest BCUT2D eigenvalue weighted by molar-refractivity contribution is -0.144. The second kappa shape index (κ2) is 7.92. The van der Waals surface area contributed by atoms with Crippen LogP contribution < -0.4 is 0 Å². The van der Waals surface area contributed by atoms with Crippen LogP contribution in [0.25, 0.3) is 0 Å². The van der Waals surface area contributed by atoms with Crippen LogP contribution in [-0.4, -0.2) is 45.5 Å². The Labute approximate surface area is 147 Å². The summed E-state index contributed by atoms with van der Waals surface area (Å²) in [5.74, 6) is -0.233. The molecule has 1 aliphatic heterocycles. The fourth-order valence-electron chi connectivity index (χ4n) is 2.73. The van der Waals surface area contributed by atoms with E-state index in [0.29, 0.717) is 6.54 Å².